The topological polar surface area (TPSA) is 32.3 Å². The zero-order valence-corrected chi connectivity index (χ0v) is 13.6. The number of aromatic nitrogens is 2. The van der Waals surface area contributed by atoms with Crippen LogP contribution in [0.25, 0.3) is 0 Å². The molecule has 2 saturated heterocycles. The maximum atomic E-state index is 4.44. The standard InChI is InChI=1S/C17H22N4S/c1-4-15(22-11-1)12-20-10-6-17(13-20)5-2-9-21(14-17)16-18-7-3-8-19-16/h1,3-4,7-8,11H,2,5-6,9-10,12-14H2/t17-/m1/s1. The summed E-state index contributed by atoms with van der Waals surface area (Å²) in [4.78, 5) is 15.4. The highest BCUT2D eigenvalue weighted by Gasteiger charge is 2.41. The molecule has 0 unspecified atom stereocenters. The van der Waals surface area contributed by atoms with E-state index in [0.717, 1.165) is 25.6 Å². The van der Waals surface area contributed by atoms with Gasteiger partial charge in [-0.1, -0.05) is 6.07 Å². The van der Waals surface area contributed by atoms with E-state index >= 15 is 0 Å². The van der Waals surface area contributed by atoms with Crippen LogP contribution < -0.4 is 4.90 Å². The molecule has 0 aromatic carbocycles. The Kier molecular flexibility index (Phi) is 3.84. The highest BCUT2D eigenvalue weighted by Crippen LogP contribution is 2.40. The quantitative estimate of drug-likeness (QED) is 0.872. The Morgan fingerprint density at radius 1 is 1.09 bits per heavy atom. The number of thiophene rings is 1. The molecule has 0 N–H and O–H groups in total. The van der Waals surface area contributed by atoms with Gasteiger partial charge in [0.2, 0.25) is 5.95 Å². The summed E-state index contributed by atoms with van der Waals surface area (Å²) < 4.78 is 0. The van der Waals surface area contributed by atoms with Crippen LogP contribution >= 0.6 is 11.3 Å². The zero-order chi connectivity index (χ0) is 14.8. The molecule has 2 aliphatic rings. The minimum Gasteiger partial charge on any atom is -0.340 e. The smallest absolute Gasteiger partial charge is 0.225 e. The summed E-state index contributed by atoms with van der Waals surface area (Å²) >= 11 is 1.87. The van der Waals surface area contributed by atoms with Gasteiger partial charge in [0, 0.05) is 48.9 Å². The molecule has 0 amide bonds. The minimum absolute atomic E-state index is 0.439. The number of hydrogen-bond acceptors (Lipinski definition) is 5. The molecule has 22 heavy (non-hydrogen) atoms. The summed E-state index contributed by atoms with van der Waals surface area (Å²) in [6, 6.07) is 6.29. The number of nitrogens with zero attached hydrogens (tertiary/aromatic N) is 4. The first-order valence-corrected chi connectivity index (χ1v) is 8.98. The molecule has 2 aliphatic heterocycles. The number of likely N-dealkylation sites (tertiary alicyclic amines) is 1. The first-order chi connectivity index (χ1) is 10.8. The van der Waals surface area contributed by atoms with Crippen molar-refractivity contribution in [2.45, 2.75) is 25.8 Å². The van der Waals surface area contributed by atoms with Gasteiger partial charge in [0.15, 0.2) is 0 Å². The van der Waals surface area contributed by atoms with E-state index in [1.165, 1.54) is 37.2 Å². The summed E-state index contributed by atoms with van der Waals surface area (Å²) in [6.45, 7) is 5.76. The summed E-state index contributed by atoms with van der Waals surface area (Å²) in [5, 5.41) is 2.18. The van der Waals surface area contributed by atoms with Crippen LogP contribution in [0.3, 0.4) is 0 Å². The second kappa shape index (κ2) is 5.97. The number of rotatable bonds is 3. The van der Waals surface area contributed by atoms with Crippen molar-refractivity contribution in [2.24, 2.45) is 5.41 Å². The van der Waals surface area contributed by atoms with E-state index in [1.54, 1.807) is 0 Å². The van der Waals surface area contributed by atoms with Gasteiger partial charge >= 0.3 is 0 Å². The van der Waals surface area contributed by atoms with Crippen molar-refractivity contribution in [3.63, 3.8) is 0 Å². The van der Waals surface area contributed by atoms with E-state index in [4.69, 9.17) is 0 Å². The third-order valence-electron chi connectivity index (χ3n) is 4.97. The minimum atomic E-state index is 0.439. The van der Waals surface area contributed by atoms with Crippen molar-refractivity contribution in [1.29, 1.82) is 0 Å². The summed E-state index contributed by atoms with van der Waals surface area (Å²) in [6.07, 6.45) is 7.60. The highest BCUT2D eigenvalue weighted by molar-refractivity contribution is 7.09. The second-order valence-corrected chi connectivity index (χ2v) is 7.65. The van der Waals surface area contributed by atoms with Gasteiger partial charge in [-0.3, -0.25) is 4.90 Å². The predicted octanol–water partition coefficient (Wildman–Crippen LogP) is 3.03. The fourth-order valence-corrected chi connectivity index (χ4v) is 4.70. The number of hydrogen-bond donors (Lipinski definition) is 0. The van der Waals surface area contributed by atoms with Crippen LogP contribution in [0.15, 0.2) is 36.0 Å². The van der Waals surface area contributed by atoms with Crippen LogP contribution in [0.1, 0.15) is 24.1 Å². The lowest BCUT2D eigenvalue weighted by atomic mass is 9.79. The van der Waals surface area contributed by atoms with Gasteiger partial charge in [0.25, 0.3) is 0 Å². The lowest BCUT2D eigenvalue weighted by Gasteiger charge is -2.40. The Labute approximate surface area is 135 Å². The summed E-state index contributed by atoms with van der Waals surface area (Å²) in [7, 11) is 0. The van der Waals surface area contributed by atoms with Crippen molar-refractivity contribution >= 4 is 17.3 Å². The molecule has 4 nitrogen and oxygen atoms in total. The van der Waals surface area contributed by atoms with Crippen molar-refractivity contribution in [3.05, 3.63) is 40.8 Å². The molecule has 1 atom stereocenters. The van der Waals surface area contributed by atoms with Gasteiger partial charge in [-0.2, -0.15) is 0 Å². The maximum absolute atomic E-state index is 4.44. The van der Waals surface area contributed by atoms with Crippen molar-refractivity contribution in [3.8, 4) is 0 Å². The molecule has 0 saturated carbocycles. The summed E-state index contributed by atoms with van der Waals surface area (Å²) in [5.41, 5.74) is 0.439. The molecule has 5 heteroatoms. The van der Waals surface area contributed by atoms with E-state index in [2.05, 4.69) is 37.3 Å². The average Bonchev–Trinajstić information content (AvgIpc) is 3.20. The van der Waals surface area contributed by atoms with E-state index < -0.39 is 0 Å². The lowest BCUT2D eigenvalue weighted by Crippen LogP contribution is -2.45. The molecule has 116 valence electrons. The summed E-state index contributed by atoms with van der Waals surface area (Å²) in [5.74, 6) is 0.901. The van der Waals surface area contributed by atoms with Crippen LogP contribution in [0, 0.1) is 5.41 Å². The lowest BCUT2D eigenvalue weighted by molar-refractivity contribution is 0.216. The molecule has 0 bridgehead atoms. The van der Waals surface area contributed by atoms with E-state index in [9.17, 15) is 0 Å². The van der Waals surface area contributed by atoms with Crippen LogP contribution in [0.2, 0.25) is 0 Å². The first-order valence-electron chi connectivity index (χ1n) is 8.10. The predicted molar refractivity (Wildman–Crippen MR) is 90.1 cm³/mol. The fourth-order valence-electron chi connectivity index (χ4n) is 3.95. The van der Waals surface area contributed by atoms with E-state index in [0.29, 0.717) is 5.41 Å². The van der Waals surface area contributed by atoms with Gasteiger partial charge in [-0.15, -0.1) is 11.3 Å². The molecular formula is C17H22N4S. The van der Waals surface area contributed by atoms with Crippen molar-refractivity contribution in [1.82, 2.24) is 14.9 Å². The van der Waals surface area contributed by atoms with E-state index in [1.807, 2.05) is 29.8 Å². The SMILES string of the molecule is c1cnc(N2CCC[C@]3(CCN(Cc4cccs4)C3)C2)nc1. The van der Waals surface area contributed by atoms with Crippen LogP contribution in [-0.2, 0) is 6.54 Å². The average molecular weight is 314 g/mol. The Hall–Kier alpha value is -1.46. The molecule has 2 fully saturated rings. The fraction of sp³-hybridized carbons (Fsp3) is 0.529. The first kappa shape index (κ1) is 14.2. The van der Waals surface area contributed by atoms with Crippen LogP contribution in [-0.4, -0.2) is 41.0 Å². The molecule has 1 spiro atoms. The molecule has 2 aromatic rings. The van der Waals surface area contributed by atoms with E-state index in [-0.39, 0.29) is 0 Å². The Bertz CT molecular complexity index is 600. The van der Waals surface area contributed by atoms with Crippen LogP contribution in [0.4, 0.5) is 5.95 Å². The van der Waals surface area contributed by atoms with Gasteiger partial charge in [0.05, 0.1) is 0 Å². The van der Waals surface area contributed by atoms with Gasteiger partial charge in [-0.25, -0.2) is 9.97 Å². The third kappa shape index (κ3) is 2.88. The Morgan fingerprint density at radius 2 is 2.00 bits per heavy atom. The monoisotopic (exact) mass is 314 g/mol. The highest BCUT2D eigenvalue weighted by atomic mass is 32.1. The Morgan fingerprint density at radius 3 is 2.82 bits per heavy atom. The zero-order valence-electron chi connectivity index (χ0n) is 12.8. The van der Waals surface area contributed by atoms with Gasteiger partial charge in [-0.05, 0) is 43.3 Å². The number of anilines is 1. The molecule has 0 aliphatic carbocycles. The molecule has 0 radical (unpaired) electrons. The van der Waals surface area contributed by atoms with Crippen molar-refractivity contribution < 1.29 is 0 Å². The van der Waals surface area contributed by atoms with Crippen LogP contribution in [0.5, 0.6) is 0 Å². The van der Waals surface area contributed by atoms with Gasteiger partial charge < -0.3 is 4.90 Å². The van der Waals surface area contributed by atoms with Crippen molar-refractivity contribution in [2.75, 3.05) is 31.1 Å². The molecule has 4 heterocycles. The molecular weight excluding hydrogens is 292 g/mol. The largest absolute Gasteiger partial charge is 0.340 e. The molecule has 2 aromatic heterocycles. The molecule has 4 rings (SSSR count). The second-order valence-electron chi connectivity index (χ2n) is 6.61. The third-order valence-corrected chi connectivity index (χ3v) is 5.83. The normalized spacial score (nSPS) is 25.9. The number of piperidine rings is 1. The van der Waals surface area contributed by atoms with Gasteiger partial charge in [0.1, 0.15) is 0 Å². The Balaban J connectivity index is 1.43. The maximum Gasteiger partial charge on any atom is 0.225 e.